The van der Waals surface area contributed by atoms with Gasteiger partial charge < -0.3 is 9.47 Å². The summed E-state index contributed by atoms with van der Waals surface area (Å²) in [6, 6.07) is 29.5. The van der Waals surface area contributed by atoms with Crippen LogP contribution in [0, 0.1) is 17.8 Å². The highest BCUT2D eigenvalue weighted by Crippen LogP contribution is 2.57. The molecule has 4 heteroatoms. The summed E-state index contributed by atoms with van der Waals surface area (Å²) in [6.45, 7) is -0.0206. The van der Waals surface area contributed by atoms with Crippen molar-refractivity contribution < 1.29 is 14.3 Å². The molecule has 0 aromatic heterocycles. The zero-order chi connectivity index (χ0) is 23.0. The fourth-order valence-electron chi connectivity index (χ4n) is 6.86. The van der Waals surface area contributed by atoms with E-state index in [-0.39, 0.29) is 18.2 Å². The van der Waals surface area contributed by atoms with Crippen molar-refractivity contribution in [1.29, 1.82) is 0 Å². The molecule has 0 unspecified atom stereocenters. The second-order valence-electron chi connectivity index (χ2n) is 10.4. The molecule has 7 rings (SSSR count). The van der Waals surface area contributed by atoms with Crippen molar-refractivity contribution in [2.75, 3.05) is 6.61 Å². The van der Waals surface area contributed by atoms with Crippen LogP contribution in [0.5, 0.6) is 5.75 Å². The molecule has 0 radical (unpaired) electrons. The number of carbonyl (C=O) groups excluding carboxylic acids is 1. The third kappa shape index (κ3) is 4.48. The molecule has 34 heavy (non-hydrogen) atoms. The van der Waals surface area contributed by atoms with Crippen LogP contribution in [0.3, 0.4) is 0 Å². The Bertz CT molecular complexity index is 1050. The first-order valence-corrected chi connectivity index (χ1v) is 13.8. The van der Waals surface area contributed by atoms with Gasteiger partial charge in [0.2, 0.25) is 0 Å². The summed E-state index contributed by atoms with van der Waals surface area (Å²) in [5.74, 6) is 2.77. The SMILES string of the molecule is O=C(COc1ccc([SH](c2ccccc2)c2ccccc2)cc1)OC12CC3CC(CC(C3)C1)C2. The van der Waals surface area contributed by atoms with E-state index in [0.717, 1.165) is 37.0 Å². The van der Waals surface area contributed by atoms with Gasteiger partial charge in [-0.2, -0.15) is 10.9 Å². The van der Waals surface area contributed by atoms with Crippen LogP contribution in [0.25, 0.3) is 0 Å². The lowest BCUT2D eigenvalue weighted by atomic mass is 9.54. The van der Waals surface area contributed by atoms with Crippen molar-refractivity contribution >= 4 is 16.9 Å². The molecular weight excluding hydrogens is 440 g/mol. The average Bonchev–Trinajstić information content (AvgIpc) is 2.84. The highest BCUT2D eigenvalue weighted by molar-refractivity contribution is 8.17. The first kappa shape index (κ1) is 21.8. The standard InChI is InChI=1S/C30H32O3S/c31-29(33-30-18-22-15-23(19-30)17-24(16-22)20-30)21-32-25-11-13-28(14-12-25)34(26-7-3-1-4-8-26)27-9-5-2-6-10-27/h1-14,22-24,34H,15-21H2. The molecule has 4 fully saturated rings. The van der Waals surface area contributed by atoms with Gasteiger partial charge in [-0.15, -0.1) is 0 Å². The molecule has 0 aliphatic heterocycles. The van der Waals surface area contributed by atoms with Crippen LogP contribution >= 0.6 is 10.9 Å². The summed E-state index contributed by atoms with van der Waals surface area (Å²) in [6.07, 6.45) is 7.20. The predicted octanol–water partition coefficient (Wildman–Crippen LogP) is 7.06. The highest BCUT2D eigenvalue weighted by atomic mass is 32.2. The topological polar surface area (TPSA) is 35.5 Å². The summed E-state index contributed by atoms with van der Waals surface area (Å²) in [7, 11) is -0.646. The van der Waals surface area contributed by atoms with Crippen LogP contribution in [0.4, 0.5) is 0 Å². The summed E-state index contributed by atoms with van der Waals surface area (Å²) in [5, 5.41) is 0. The van der Waals surface area contributed by atoms with Crippen LogP contribution in [-0.2, 0) is 9.53 Å². The second kappa shape index (κ2) is 9.14. The van der Waals surface area contributed by atoms with Gasteiger partial charge >= 0.3 is 5.97 Å². The lowest BCUT2D eigenvalue weighted by molar-refractivity contribution is -0.188. The van der Waals surface area contributed by atoms with Gasteiger partial charge in [0.25, 0.3) is 0 Å². The first-order valence-electron chi connectivity index (χ1n) is 12.5. The van der Waals surface area contributed by atoms with Gasteiger partial charge in [-0.05, 0) is 119 Å². The van der Waals surface area contributed by atoms with E-state index < -0.39 is 10.9 Å². The van der Waals surface area contributed by atoms with Crippen molar-refractivity contribution in [1.82, 2.24) is 0 Å². The molecule has 176 valence electrons. The Hall–Kier alpha value is -2.72. The molecule has 0 saturated heterocycles. The smallest absolute Gasteiger partial charge is 0.344 e. The minimum absolute atomic E-state index is 0.0206. The fraction of sp³-hybridized carbons (Fsp3) is 0.367. The maximum atomic E-state index is 12.7. The molecule has 0 spiro atoms. The maximum Gasteiger partial charge on any atom is 0.344 e. The molecule has 3 aromatic rings. The van der Waals surface area contributed by atoms with E-state index in [1.807, 2.05) is 12.1 Å². The van der Waals surface area contributed by atoms with Gasteiger partial charge in [0.1, 0.15) is 11.4 Å². The molecule has 4 aliphatic rings. The van der Waals surface area contributed by atoms with Crippen LogP contribution in [0.1, 0.15) is 38.5 Å². The summed E-state index contributed by atoms with van der Waals surface area (Å²) >= 11 is 0. The number of ether oxygens (including phenoxy) is 2. The van der Waals surface area contributed by atoms with E-state index in [9.17, 15) is 4.79 Å². The highest BCUT2D eigenvalue weighted by Gasteiger charge is 2.53. The monoisotopic (exact) mass is 472 g/mol. The lowest BCUT2D eigenvalue weighted by Gasteiger charge is -2.55. The fourth-order valence-corrected chi connectivity index (χ4v) is 9.14. The average molecular weight is 473 g/mol. The minimum Gasteiger partial charge on any atom is -0.482 e. The summed E-state index contributed by atoms with van der Waals surface area (Å²) < 4.78 is 11.9. The zero-order valence-electron chi connectivity index (χ0n) is 19.4. The molecule has 3 aromatic carbocycles. The molecular formula is C30H32O3S. The van der Waals surface area contributed by atoms with Crippen molar-refractivity contribution in [3.05, 3.63) is 84.9 Å². The van der Waals surface area contributed by atoms with Crippen molar-refractivity contribution in [2.45, 2.75) is 58.8 Å². The summed E-state index contributed by atoms with van der Waals surface area (Å²) in [4.78, 5) is 16.6. The molecule has 4 saturated carbocycles. The number of esters is 1. The Balaban J connectivity index is 1.12. The van der Waals surface area contributed by atoms with E-state index >= 15 is 0 Å². The Morgan fingerprint density at radius 2 is 1.18 bits per heavy atom. The number of hydrogen-bond acceptors (Lipinski definition) is 3. The number of carbonyl (C=O) groups is 1. The van der Waals surface area contributed by atoms with Gasteiger partial charge in [-0.3, -0.25) is 0 Å². The molecule has 0 N–H and O–H groups in total. The number of rotatable bonds is 7. The van der Waals surface area contributed by atoms with Crippen LogP contribution in [0.2, 0.25) is 0 Å². The second-order valence-corrected chi connectivity index (χ2v) is 12.6. The molecule has 0 amide bonds. The van der Waals surface area contributed by atoms with Crippen LogP contribution in [0.15, 0.2) is 99.6 Å². The van der Waals surface area contributed by atoms with Gasteiger partial charge in [-0.25, -0.2) is 4.79 Å². The number of hydrogen-bond donors (Lipinski definition) is 1. The van der Waals surface area contributed by atoms with Gasteiger partial charge in [-0.1, -0.05) is 36.4 Å². The Labute approximate surface area is 204 Å². The third-order valence-corrected chi connectivity index (χ3v) is 10.2. The Morgan fingerprint density at radius 3 is 1.68 bits per heavy atom. The molecule has 0 atom stereocenters. The lowest BCUT2D eigenvalue weighted by Crippen LogP contribution is -2.53. The Morgan fingerprint density at radius 1 is 0.706 bits per heavy atom. The Kier molecular flexibility index (Phi) is 5.86. The van der Waals surface area contributed by atoms with E-state index in [1.54, 1.807) is 0 Å². The van der Waals surface area contributed by atoms with Crippen LogP contribution in [-0.4, -0.2) is 18.2 Å². The van der Waals surface area contributed by atoms with Gasteiger partial charge in [0.15, 0.2) is 6.61 Å². The molecule has 3 nitrogen and oxygen atoms in total. The number of thiol groups is 1. The van der Waals surface area contributed by atoms with E-state index in [0.29, 0.717) is 5.75 Å². The number of benzene rings is 3. The first-order chi connectivity index (χ1) is 16.7. The molecule has 4 aliphatic carbocycles. The minimum atomic E-state index is -0.646. The maximum absolute atomic E-state index is 12.7. The van der Waals surface area contributed by atoms with Crippen molar-refractivity contribution in [3.8, 4) is 5.75 Å². The predicted molar refractivity (Wildman–Crippen MR) is 136 cm³/mol. The third-order valence-electron chi connectivity index (χ3n) is 7.79. The quantitative estimate of drug-likeness (QED) is 0.295. The van der Waals surface area contributed by atoms with E-state index in [2.05, 4.69) is 72.8 Å². The van der Waals surface area contributed by atoms with Crippen molar-refractivity contribution in [3.63, 3.8) is 0 Å². The molecule has 4 bridgehead atoms. The largest absolute Gasteiger partial charge is 0.482 e. The van der Waals surface area contributed by atoms with E-state index in [4.69, 9.17) is 9.47 Å². The van der Waals surface area contributed by atoms with Gasteiger partial charge in [0, 0.05) is 0 Å². The van der Waals surface area contributed by atoms with Crippen LogP contribution < -0.4 is 4.74 Å². The zero-order valence-corrected chi connectivity index (χ0v) is 20.3. The normalized spacial score (nSPS) is 27.3. The van der Waals surface area contributed by atoms with Gasteiger partial charge in [0.05, 0.1) is 0 Å². The summed E-state index contributed by atoms with van der Waals surface area (Å²) in [5.41, 5.74) is -0.208. The van der Waals surface area contributed by atoms with E-state index in [1.165, 1.54) is 33.9 Å². The van der Waals surface area contributed by atoms with Crippen molar-refractivity contribution in [2.24, 2.45) is 17.8 Å². The molecule has 0 heterocycles.